The maximum atomic E-state index is 9.72. The number of hydrogen-bond acceptors (Lipinski definition) is 4. The molecular weight excluding hydrogens is 184 g/mol. The lowest BCUT2D eigenvalue weighted by Crippen LogP contribution is -2.26. The molecule has 1 aliphatic carbocycles. The SMILES string of the molecule is O[C@@H]1CCCC[C@H]1Cc1csnn1. The molecule has 1 aliphatic rings. The summed E-state index contributed by atoms with van der Waals surface area (Å²) in [5.74, 6) is 0.414. The molecule has 13 heavy (non-hydrogen) atoms. The van der Waals surface area contributed by atoms with Crippen LogP contribution in [0.1, 0.15) is 31.4 Å². The molecule has 1 N–H and O–H groups in total. The Kier molecular flexibility index (Phi) is 2.90. The fourth-order valence-electron chi connectivity index (χ4n) is 1.97. The first-order valence-electron chi connectivity index (χ1n) is 4.80. The molecule has 1 fully saturated rings. The highest BCUT2D eigenvalue weighted by molar-refractivity contribution is 7.03. The Bertz CT molecular complexity index is 250. The Balaban J connectivity index is 1.93. The van der Waals surface area contributed by atoms with Crippen LogP contribution in [0.5, 0.6) is 0 Å². The number of hydrogen-bond donors (Lipinski definition) is 1. The molecule has 1 aromatic heterocycles. The highest BCUT2D eigenvalue weighted by Gasteiger charge is 2.23. The summed E-state index contributed by atoms with van der Waals surface area (Å²) in [6, 6.07) is 0. The van der Waals surface area contributed by atoms with Crippen molar-refractivity contribution in [2.45, 2.75) is 38.2 Å². The average molecular weight is 198 g/mol. The van der Waals surface area contributed by atoms with E-state index in [1.54, 1.807) is 0 Å². The third-order valence-corrected chi connectivity index (χ3v) is 3.30. The van der Waals surface area contributed by atoms with E-state index in [1.165, 1.54) is 24.4 Å². The first-order valence-corrected chi connectivity index (χ1v) is 5.64. The van der Waals surface area contributed by atoms with Gasteiger partial charge < -0.3 is 5.11 Å². The second kappa shape index (κ2) is 4.15. The summed E-state index contributed by atoms with van der Waals surface area (Å²) in [6.45, 7) is 0. The van der Waals surface area contributed by atoms with Crippen molar-refractivity contribution in [2.75, 3.05) is 0 Å². The number of nitrogens with zero attached hydrogens (tertiary/aromatic N) is 2. The lowest BCUT2D eigenvalue weighted by atomic mass is 9.84. The maximum Gasteiger partial charge on any atom is 0.0759 e. The first-order chi connectivity index (χ1) is 6.36. The molecule has 0 spiro atoms. The molecule has 1 saturated carbocycles. The molecule has 0 saturated heterocycles. The molecule has 3 nitrogen and oxygen atoms in total. The summed E-state index contributed by atoms with van der Waals surface area (Å²) in [4.78, 5) is 0. The van der Waals surface area contributed by atoms with Crippen LogP contribution >= 0.6 is 11.5 Å². The van der Waals surface area contributed by atoms with Crippen molar-refractivity contribution < 1.29 is 5.11 Å². The Labute approximate surface area is 82.0 Å². The third-order valence-electron chi connectivity index (χ3n) is 2.75. The summed E-state index contributed by atoms with van der Waals surface area (Å²) in [5.41, 5.74) is 1.04. The van der Waals surface area contributed by atoms with Crippen LogP contribution in [0, 0.1) is 5.92 Å². The van der Waals surface area contributed by atoms with E-state index in [9.17, 15) is 5.11 Å². The van der Waals surface area contributed by atoms with Crippen molar-refractivity contribution in [3.05, 3.63) is 11.1 Å². The predicted molar refractivity (Wildman–Crippen MR) is 51.6 cm³/mol. The average Bonchev–Trinajstić information content (AvgIpc) is 2.61. The fraction of sp³-hybridized carbons (Fsp3) is 0.778. The van der Waals surface area contributed by atoms with Crippen molar-refractivity contribution in [3.63, 3.8) is 0 Å². The van der Waals surface area contributed by atoms with Gasteiger partial charge >= 0.3 is 0 Å². The standard InChI is InChI=1S/C9H14N2OS/c12-9-4-2-1-3-7(9)5-8-6-13-11-10-8/h6-7,9,12H,1-5H2/t7-,9+/m0/s1. The Hall–Kier alpha value is -0.480. The van der Waals surface area contributed by atoms with Gasteiger partial charge in [0.25, 0.3) is 0 Å². The normalized spacial score (nSPS) is 29.0. The number of aliphatic hydroxyl groups is 1. The van der Waals surface area contributed by atoms with Crippen molar-refractivity contribution in [1.29, 1.82) is 0 Å². The zero-order chi connectivity index (χ0) is 9.10. The number of aliphatic hydroxyl groups excluding tert-OH is 1. The lowest BCUT2D eigenvalue weighted by Gasteiger charge is -2.26. The van der Waals surface area contributed by atoms with Gasteiger partial charge in [0.05, 0.1) is 11.8 Å². The number of rotatable bonds is 2. The van der Waals surface area contributed by atoms with Gasteiger partial charge in [-0.2, -0.15) is 0 Å². The third kappa shape index (κ3) is 2.25. The topological polar surface area (TPSA) is 46.0 Å². The molecule has 1 aromatic rings. The minimum Gasteiger partial charge on any atom is -0.393 e. The number of aromatic nitrogens is 2. The minimum absolute atomic E-state index is 0.115. The predicted octanol–water partition coefficient (Wildman–Crippen LogP) is 1.63. The van der Waals surface area contributed by atoms with E-state index in [4.69, 9.17) is 0 Å². The van der Waals surface area contributed by atoms with Crippen molar-refractivity contribution in [3.8, 4) is 0 Å². The molecule has 0 radical (unpaired) electrons. The van der Waals surface area contributed by atoms with E-state index in [1.807, 2.05) is 5.38 Å². The summed E-state index contributed by atoms with van der Waals surface area (Å²) in [5, 5.41) is 15.7. The van der Waals surface area contributed by atoms with Crippen molar-refractivity contribution >= 4 is 11.5 Å². The molecule has 1 heterocycles. The smallest absolute Gasteiger partial charge is 0.0759 e. The van der Waals surface area contributed by atoms with Crippen LogP contribution in [-0.4, -0.2) is 20.8 Å². The van der Waals surface area contributed by atoms with Crippen molar-refractivity contribution in [1.82, 2.24) is 9.59 Å². The molecular formula is C9H14N2OS. The van der Waals surface area contributed by atoms with Gasteiger partial charge in [-0.05, 0) is 36.7 Å². The molecule has 72 valence electrons. The molecule has 0 bridgehead atoms. The quantitative estimate of drug-likeness (QED) is 0.785. The van der Waals surface area contributed by atoms with Gasteiger partial charge in [-0.3, -0.25) is 0 Å². The van der Waals surface area contributed by atoms with Gasteiger partial charge in [0, 0.05) is 5.38 Å². The van der Waals surface area contributed by atoms with Crippen LogP contribution in [-0.2, 0) is 6.42 Å². The Morgan fingerprint density at radius 2 is 2.31 bits per heavy atom. The van der Waals surface area contributed by atoms with E-state index in [-0.39, 0.29) is 6.10 Å². The summed E-state index contributed by atoms with van der Waals surface area (Å²) in [7, 11) is 0. The van der Waals surface area contributed by atoms with Gasteiger partial charge in [-0.25, -0.2) is 0 Å². The van der Waals surface area contributed by atoms with Crippen LogP contribution in [0.4, 0.5) is 0 Å². The summed E-state index contributed by atoms with van der Waals surface area (Å²) >= 11 is 1.39. The van der Waals surface area contributed by atoms with Gasteiger partial charge in [-0.1, -0.05) is 17.3 Å². The summed E-state index contributed by atoms with van der Waals surface area (Å²) < 4.78 is 3.82. The lowest BCUT2D eigenvalue weighted by molar-refractivity contribution is 0.0695. The van der Waals surface area contributed by atoms with Crippen LogP contribution in [0.2, 0.25) is 0 Å². The van der Waals surface area contributed by atoms with Gasteiger partial charge in [0.15, 0.2) is 0 Å². The van der Waals surface area contributed by atoms with Crippen LogP contribution in [0.15, 0.2) is 5.38 Å². The zero-order valence-electron chi connectivity index (χ0n) is 7.52. The monoisotopic (exact) mass is 198 g/mol. The van der Waals surface area contributed by atoms with Crippen molar-refractivity contribution in [2.24, 2.45) is 5.92 Å². The fourth-order valence-corrected chi connectivity index (χ4v) is 2.43. The van der Waals surface area contributed by atoms with Gasteiger partial charge in [0.2, 0.25) is 0 Å². The summed E-state index contributed by atoms with van der Waals surface area (Å²) in [6.07, 6.45) is 5.31. The highest BCUT2D eigenvalue weighted by atomic mass is 32.1. The molecule has 0 aliphatic heterocycles. The van der Waals surface area contributed by atoms with E-state index in [0.717, 1.165) is 25.0 Å². The largest absolute Gasteiger partial charge is 0.393 e. The van der Waals surface area contributed by atoms with E-state index >= 15 is 0 Å². The molecule has 2 atom stereocenters. The molecule has 2 rings (SSSR count). The van der Waals surface area contributed by atoms with Gasteiger partial charge in [0.1, 0.15) is 0 Å². The second-order valence-corrected chi connectivity index (χ2v) is 4.32. The molecule has 0 amide bonds. The second-order valence-electron chi connectivity index (χ2n) is 3.71. The first kappa shape index (κ1) is 9.09. The highest BCUT2D eigenvalue weighted by Crippen LogP contribution is 2.26. The van der Waals surface area contributed by atoms with Crippen LogP contribution in [0.3, 0.4) is 0 Å². The maximum absolute atomic E-state index is 9.72. The van der Waals surface area contributed by atoms with Crippen LogP contribution < -0.4 is 0 Å². The van der Waals surface area contributed by atoms with E-state index < -0.39 is 0 Å². The minimum atomic E-state index is -0.115. The Morgan fingerprint density at radius 3 is 3.00 bits per heavy atom. The zero-order valence-corrected chi connectivity index (χ0v) is 8.33. The molecule has 0 aromatic carbocycles. The van der Waals surface area contributed by atoms with E-state index in [2.05, 4.69) is 9.59 Å². The molecule has 0 unspecified atom stereocenters. The van der Waals surface area contributed by atoms with Gasteiger partial charge in [-0.15, -0.1) is 5.10 Å². The Morgan fingerprint density at radius 1 is 1.46 bits per heavy atom. The van der Waals surface area contributed by atoms with Crippen LogP contribution in [0.25, 0.3) is 0 Å². The molecule has 4 heteroatoms. The van der Waals surface area contributed by atoms with E-state index in [0.29, 0.717) is 5.92 Å².